The number of rotatable bonds is 4. The Labute approximate surface area is 76.0 Å². The van der Waals surface area contributed by atoms with Crippen LogP contribution in [0.25, 0.3) is 5.76 Å². The summed E-state index contributed by atoms with van der Waals surface area (Å²) < 4.78 is 9.26. The number of hydrogen-bond donors (Lipinski definition) is 1. The van der Waals surface area contributed by atoms with Gasteiger partial charge in [-0.25, -0.2) is 4.37 Å². The first-order chi connectivity index (χ1) is 5.79. The third kappa shape index (κ3) is 1.84. The van der Waals surface area contributed by atoms with Crippen molar-refractivity contribution in [2.75, 3.05) is 6.61 Å². The van der Waals surface area contributed by atoms with Crippen molar-refractivity contribution in [1.82, 2.24) is 4.37 Å². The van der Waals surface area contributed by atoms with E-state index in [1.165, 1.54) is 11.5 Å². The van der Waals surface area contributed by atoms with Gasteiger partial charge < -0.3 is 10.5 Å². The second-order valence-electron chi connectivity index (χ2n) is 2.22. The van der Waals surface area contributed by atoms with E-state index in [1.807, 2.05) is 6.92 Å². The summed E-state index contributed by atoms with van der Waals surface area (Å²) in [6.07, 6.45) is 1.74. The van der Waals surface area contributed by atoms with Crippen LogP contribution in [0.5, 0.6) is 0 Å². The molecule has 0 radical (unpaired) electrons. The minimum Gasteiger partial charge on any atom is -0.494 e. The van der Waals surface area contributed by atoms with Gasteiger partial charge in [0.2, 0.25) is 0 Å². The van der Waals surface area contributed by atoms with Crippen LogP contribution in [-0.4, -0.2) is 11.0 Å². The molecule has 0 atom stereocenters. The molecule has 0 saturated heterocycles. The van der Waals surface area contributed by atoms with E-state index in [0.29, 0.717) is 18.9 Å². The Balaban J connectivity index is 2.79. The van der Waals surface area contributed by atoms with Gasteiger partial charge in [0.25, 0.3) is 0 Å². The van der Waals surface area contributed by atoms with Crippen LogP contribution in [-0.2, 0) is 11.3 Å². The zero-order valence-electron chi connectivity index (χ0n) is 7.04. The maximum Gasteiger partial charge on any atom is 0.122 e. The van der Waals surface area contributed by atoms with E-state index in [9.17, 15) is 0 Å². The summed E-state index contributed by atoms with van der Waals surface area (Å²) in [5.74, 6) is 0.659. The molecule has 0 aliphatic rings. The molecule has 1 aromatic rings. The molecule has 1 rings (SSSR count). The van der Waals surface area contributed by atoms with Crippen molar-refractivity contribution in [3.63, 3.8) is 0 Å². The Hall–Kier alpha value is -0.870. The van der Waals surface area contributed by atoms with Gasteiger partial charge in [-0.1, -0.05) is 6.58 Å². The molecule has 0 bridgehead atoms. The lowest BCUT2D eigenvalue weighted by atomic mass is 10.2. The number of hydrogen-bond acceptors (Lipinski definition) is 4. The second-order valence-corrected chi connectivity index (χ2v) is 3.11. The van der Waals surface area contributed by atoms with Crippen LogP contribution in [0.2, 0.25) is 0 Å². The third-order valence-corrected chi connectivity index (χ3v) is 2.27. The molecule has 0 saturated carbocycles. The van der Waals surface area contributed by atoms with Gasteiger partial charge in [-0.2, -0.15) is 0 Å². The highest BCUT2D eigenvalue weighted by Crippen LogP contribution is 2.21. The quantitative estimate of drug-likeness (QED) is 0.723. The van der Waals surface area contributed by atoms with Gasteiger partial charge in [-0.3, -0.25) is 0 Å². The van der Waals surface area contributed by atoms with Crippen LogP contribution >= 0.6 is 11.5 Å². The minimum absolute atomic E-state index is 0.492. The Morgan fingerprint density at radius 1 is 1.83 bits per heavy atom. The van der Waals surface area contributed by atoms with Crippen molar-refractivity contribution < 1.29 is 4.74 Å². The van der Waals surface area contributed by atoms with Crippen LogP contribution in [0.4, 0.5) is 0 Å². The van der Waals surface area contributed by atoms with E-state index in [0.717, 1.165) is 10.4 Å². The van der Waals surface area contributed by atoms with Gasteiger partial charge in [-0.15, -0.1) is 0 Å². The predicted octanol–water partition coefficient (Wildman–Crippen LogP) is 1.61. The number of aromatic nitrogens is 1. The van der Waals surface area contributed by atoms with Gasteiger partial charge in [0.1, 0.15) is 5.76 Å². The van der Waals surface area contributed by atoms with E-state index >= 15 is 0 Å². The molecule has 0 unspecified atom stereocenters. The van der Waals surface area contributed by atoms with Gasteiger partial charge in [0, 0.05) is 11.4 Å². The average Bonchev–Trinajstić information content (AvgIpc) is 2.51. The summed E-state index contributed by atoms with van der Waals surface area (Å²) >= 11 is 1.39. The molecule has 0 aliphatic carbocycles. The van der Waals surface area contributed by atoms with Crippen molar-refractivity contribution in [2.24, 2.45) is 5.73 Å². The van der Waals surface area contributed by atoms with Gasteiger partial charge in [-0.05, 0) is 18.5 Å². The number of nitrogens with zero attached hydrogens (tertiary/aromatic N) is 1. The zero-order valence-corrected chi connectivity index (χ0v) is 7.86. The maximum absolute atomic E-state index is 5.50. The molecule has 1 heterocycles. The van der Waals surface area contributed by atoms with E-state index in [4.69, 9.17) is 10.5 Å². The first-order valence-corrected chi connectivity index (χ1v) is 4.52. The highest BCUT2D eigenvalue weighted by molar-refractivity contribution is 7.06. The molecule has 0 fully saturated rings. The smallest absolute Gasteiger partial charge is 0.122 e. The van der Waals surface area contributed by atoms with Gasteiger partial charge in [0.05, 0.1) is 18.4 Å². The first-order valence-electron chi connectivity index (χ1n) is 3.75. The standard InChI is InChI=1S/C8H12N2OS/c1-3-11-6(2)7-5-10-12-8(7)4-9/h5H,2-4,9H2,1H3. The molecule has 2 N–H and O–H groups in total. The fourth-order valence-corrected chi connectivity index (χ4v) is 1.52. The van der Waals surface area contributed by atoms with Crippen molar-refractivity contribution in [2.45, 2.75) is 13.5 Å². The maximum atomic E-state index is 5.50. The fourth-order valence-electron chi connectivity index (χ4n) is 0.891. The van der Waals surface area contributed by atoms with Crippen LogP contribution in [0, 0.1) is 0 Å². The van der Waals surface area contributed by atoms with Gasteiger partial charge in [0.15, 0.2) is 0 Å². The first kappa shape index (κ1) is 9.22. The third-order valence-electron chi connectivity index (χ3n) is 1.45. The summed E-state index contributed by atoms with van der Waals surface area (Å²) in [6.45, 7) is 6.82. The van der Waals surface area contributed by atoms with Crippen molar-refractivity contribution in [3.05, 3.63) is 23.2 Å². The fraction of sp³-hybridized carbons (Fsp3) is 0.375. The summed E-state index contributed by atoms with van der Waals surface area (Å²) in [7, 11) is 0. The van der Waals surface area contributed by atoms with E-state index in [2.05, 4.69) is 11.0 Å². The van der Waals surface area contributed by atoms with Gasteiger partial charge >= 0.3 is 0 Å². The number of nitrogens with two attached hydrogens (primary N) is 1. The monoisotopic (exact) mass is 184 g/mol. The Morgan fingerprint density at radius 3 is 3.17 bits per heavy atom. The molecule has 4 heteroatoms. The van der Waals surface area contributed by atoms with Crippen LogP contribution in [0.15, 0.2) is 12.8 Å². The summed E-state index contributed by atoms with van der Waals surface area (Å²) in [4.78, 5) is 1.02. The molecule has 3 nitrogen and oxygen atoms in total. The average molecular weight is 184 g/mol. The van der Waals surface area contributed by atoms with Crippen molar-refractivity contribution >= 4 is 17.3 Å². The zero-order chi connectivity index (χ0) is 8.97. The predicted molar refractivity (Wildman–Crippen MR) is 50.7 cm³/mol. The van der Waals surface area contributed by atoms with Crippen LogP contribution < -0.4 is 5.73 Å². The molecular weight excluding hydrogens is 172 g/mol. The Kier molecular flexibility index (Phi) is 3.25. The highest BCUT2D eigenvalue weighted by atomic mass is 32.1. The molecule has 0 amide bonds. The van der Waals surface area contributed by atoms with Crippen LogP contribution in [0.1, 0.15) is 17.4 Å². The molecule has 0 aliphatic heterocycles. The molecule has 66 valence electrons. The lowest BCUT2D eigenvalue weighted by Gasteiger charge is -2.05. The molecule has 0 spiro atoms. The van der Waals surface area contributed by atoms with Crippen molar-refractivity contribution in [1.29, 1.82) is 0 Å². The summed E-state index contributed by atoms with van der Waals surface area (Å²) in [6, 6.07) is 0. The summed E-state index contributed by atoms with van der Waals surface area (Å²) in [5, 5.41) is 0. The minimum atomic E-state index is 0.492. The SMILES string of the molecule is C=C(OCC)c1cnsc1CN. The Morgan fingerprint density at radius 2 is 2.58 bits per heavy atom. The van der Waals surface area contributed by atoms with E-state index in [1.54, 1.807) is 6.20 Å². The largest absolute Gasteiger partial charge is 0.494 e. The number of ether oxygens (including phenoxy) is 1. The summed E-state index contributed by atoms with van der Waals surface area (Å²) in [5.41, 5.74) is 6.44. The van der Waals surface area contributed by atoms with Crippen LogP contribution in [0.3, 0.4) is 0 Å². The molecular formula is C8H12N2OS. The Bertz CT molecular complexity index is 270. The molecule has 1 aromatic heterocycles. The normalized spacial score (nSPS) is 9.83. The molecule has 12 heavy (non-hydrogen) atoms. The topological polar surface area (TPSA) is 48.1 Å². The van der Waals surface area contributed by atoms with Crippen molar-refractivity contribution in [3.8, 4) is 0 Å². The van der Waals surface area contributed by atoms with E-state index in [-0.39, 0.29) is 0 Å². The molecule has 0 aromatic carbocycles. The highest BCUT2D eigenvalue weighted by Gasteiger charge is 2.07. The lowest BCUT2D eigenvalue weighted by Crippen LogP contribution is -1.98. The second kappa shape index (κ2) is 4.23. The lowest BCUT2D eigenvalue weighted by molar-refractivity contribution is 0.299. The van der Waals surface area contributed by atoms with E-state index < -0.39 is 0 Å².